The van der Waals surface area contributed by atoms with E-state index < -0.39 is 18.0 Å². The van der Waals surface area contributed by atoms with Crippen LogP contribution < -0.4 is 10.6 Å². The smallest absolute Gasteiger partial charge is 0.409 e. The van der Waals surface area contributed by atoms with Gasteiger partial charge in [-0.3, -0.25) is 0 Å². The van der Waals surface area contributed by atoms with E-state index >= 15 is 0 Å². The molecule has 0 bridgehead atoms. The molecule has 0 aliphatic rings. The molecule has 0 aliphatic carbocycles. The molecule has 1 atom stereocenters. The van der Waals surface area contributed by atoms with Crippen molar-refractivity contribution in [1.29, 1.82) is 0 Å². The Morgan fingerprint density at radius 1 is 1.48 bits per heavy atom. The van der Waals surface area contributed by atoms with E-state index in [1.54, 1.807) is 6.92 Å². The van der Waals surface area contributed by atoms with Gasteiger partial charge in [0.25, 0.3) is 0 Å². The predicted octanol–water partition coefficient (Wildman–Crippen LogP) is 1.40. The number of hydrogen-bond acceptors (Lipinski definition) is 5. The molecule has 0 amide bonds. The number of nitrogens with zero attached hydrogens (tertiary/aromatic N) is 3. The second-order valence-corrected chi connectivity index (χ2v) is 4.61. The summed E-state index contributed by atoms with van der Waals surface area (Å²) in [6, 6.07) is 1.86. The fourth-order valence-electron chi connectivity index (χ4n) is 1.64. The fraction of sp³-hybridized carbons (Fsp3) is 0.500. The van der Waals surface area contributed by atoms with Crippen LogP contribution in [0.15, 0.2) is 17.3 Å². The van der Waals surface area contributed by atoms with Crippen LogP contribution in [0.1, 0.15) is 24.6 Å². The van der Waals surface area contributed by atoms with Gasteiger partial charge in [0.1, 0.15) is 11.5 Å². The van der Waals surface area contributed by atoms with Crippen LogP contribution in [0.3, 0.4) is 0 Å². The van der Waals surface area contributed by atoms with E-state index in [0.717, 1.165) is 12.1 Å². The van der Waals surface area contributed by atoms with Crippen molar-refractivity contribution in [2.24, 2.45) is 10.9 Å². The van der Waals surface area contributed by atoms with E-state index in [1.165, 1.54) is 11.9 Å². The Morgan fingerprint density at radius 3 is 2.57 bits per heavy atom. The molecule has 1 aromatic rings. The van der Waals surface area contributed by atoms with Crippen LogP contribution in [0.5, 0.6) is 0 Å². The summed E-state index contributed by atoms with van der Waals surface area (Å²) in [6.07, 6.45) is -4.86. The van der Waals surface area contributed by atoms with Crippen LogP contribution in [-0.2, 0) is 6.18 Å². The normalized spacial score (nSPS) is 14.1. The Morgan fingerprint density at radius 2 is 2.10 bits per heavy atom. The number of aromatic nitrogens is 1. The van der Waals surface area contributed by atoms with E-state index in [-0.39, 0.29) is 23.8 Å². The number of pyridine rings is 1. The number of aliphatic hydroxyl groups is 1. The van der Waals surface area contributed by atoms with Crippen LogP contribution in [0.4, 0.5) is 19.0 Å². The zero-order valence-electron chi connectivity index (χ0n) is 11.6. The second-order valence-electron chi connectivity index (χ2n) is 4.61. The van der Waals surface area contributed by atoms with Gasteiger partial charge >= 0.3 is 6.18 Å². The quantitative estimate of drug-likeness (QED) is 0.331. The number of anilines is 1. The first-order valence-corrected chi connectivity index (χ1v) is 6.12. The average Bonchev–Trinajstić information content (AvgIpc) is 2.42. The topological polar surface area (TPSA) is 95.0 Å². The minimum Gasteiger partial charge on any atom is -0.409 e. The Balaban J connectivity index is 3.22. The maximum Gasteiger partial charge on any atom is 0.433 e. The largest absolute Gasteiger partial charge is 0.433 e. The second kappa shape index (κ2) is 6.61. The van der Waals surface area contributed by atoms with E-state index in [1.807, 2.05) is 0 Å². The van der Waals surface area contributed by atoms with Gasteiger partial charge in [0, 0.05) is 13.6 Å². The number of oxime groups is 1. The molecule has 21 heavy (non-hydrogen) atoms. The summed E-state index contributed by atoms with van der Waals surface area (Å²) in [7, 11) is 1.51. The molecule has 118 valence electrons. The van der Waals surface area contributed by atoms with Crippen molar-refractivity contribution in [2.45, 2.75) is 25.6 Å². The Labute approximate surface area is 119 Å². The van der Waals surface area contributed by atoms with Gasteiger partial charge in [-0.05, 0) is 25.5 Å². The summed E-state index contributed by atoms with van der Waals surface area (Å²) in [5, 5.41) is 20.7. The minimum atomic E-state index is -4.59. The van der Waals surface area contributed by atoms with Crippen LogP contribution in [0.2, 0.25) is 0 Å². The summed E-state index contributed by atoms with van der Waals surface area (Å²) >= 11 is 0. The molecule has 1 heterocycles. The minimum absolute atomic E-state index is 0.0687. The third kappa shape index (κ3) is 4.48. The van der Waals surface area contributed by atoms with E-state index in [4.69, 9.17) is 10.9 Å². The molecule has 1 aromatic heterocycles. The highest BCUT2D eigenvalue weighted by atomic mass is 19.4. The summed E-state index contributed by atoms with van der Waals surface area (Å²) in [6.45, 7) is 1.83. The van der Waals surface area contributed by atoms with Gasteiger partial charge in [-0.2, -0.15) is 13.2 Å². The van der Waals surface area contributed by atoms with Crippen molar-refractivity contribution in [1.82, 2.24) is 4.98 Å². The molecular weight excluding hydrogens is 289 g/mol. The SMILES string of the molecule is CC(O)CCN(C)c1nc(C(F)(F)F)ccc1/C(N)=N/O. The molecule has 0 radical (unpaired) electrons. The molecule has 1 rings (SSSR count). The Bertz CT molecular complexity index is 518. The maximum absolute atomic E-state index is 12.7. The maximum atomic E-state index is 12.7. The van der Waals surface area contributed by atoms with Crippen molar-refractivity contribution < 1.29 is 23.5 Å². The monoisotopic (exact) mass is 306 g/mol. The highest BCUT2D eigenvalue weighted by molar-refractivity contribution is 6.01. The van der Waals surface area contributed by atoms with Crippen molar-refractivity contribution in [3.8, 4) is 0 Å². The Kier molecular flexibility index (Phi) is 5.36. The van der Waals surface area contributed by atoms with Gasteiger partial charge in [-0.25, -0.2) is 4.98 Å². The number of halogens is 3. The standard InChI is InChI=1S/C12H17F3N4O2/c1-7(20)5-6-19(2)11-8(10(16)18-21)3-4-9(17-11)12(13,14)15/h3-4,7,20-21H,5-6H2,1-2H3,(H2,16,18). The van der Waals surface area contributed by atoms with Crippen molar-refractivity contribution >= 4 is 11.7 Å². The number of alkyl halides is 3. The number of hydrogen-bond donors (Lipinski definition) is 3. The third-order valence-electron chi connectivity index (χ3n) is 2.79. The number of aliphatic hydroxyl groups excluding tert-OH is 1. The van der Waals surface area contributed by atoms with Gasteiger partial charge in [-0.1, -0.05) is 5.16 Å². The molecule has 6 nitrogen and oxygen atoms in total. The molecule has 1 unspecified atom stereocenters. The van der Waals surface area contributed by atoms with Gasteiger partial charge in [0.2, 0.25) is 0 Å². The van der Waals surface area contributed by atoms with E-state index in [9.17, 15) is 18.3 Å². The van der Waals surface area contributed by atoms with E-state index in [0.29, 0.717) is 6.42 Å². The molecule has 0 spiro atoms. The number of nitrogens with two attached hydrogens (primary N) is 1. The van der Waals surface area contributed by atoms with Crippen molar-refractivity contribution in [2.75, 3.05) is 18.5 Å². The summed E-state index contributed by atoms with van der Waals surface area (Å²) in [4.78, 5) is 4.95. The predicted molar refractivity (Wildman–Crippen MR) is 71.3 cm³/mol. The van der Waals surface area contributed by atoms with Crippen LogP contribution in [0.25, 0.3) is 0 Å². The van der Waals surface area contributed by atoms with E-state index in [2.05, 4.69) is 10.1 Å². The van der Waals surface area contributed by atoms with Crippen LogP contribution >= 0.6 is 0 Å². The molecule has 0 fully saturated rings. The van der Waals surface area contributed by atoms with Gasteiger partial charge in [0.05, 0.1) is 11.7 Å². The molecule has 0 aliphatic heterocycles. The fourth-order valence-corrected chi connectivity index (χ4v) is 1.64. The highest BCUT2D eigenvalue weighted by Gasteiger charge is 2.33. The first kappa shape index (κ1) is 17.0. The molecule has 0 aromatic carbocycles. The average molecular weight is 306 g/mol. The van der Waals surface area contributed by atoms with Crippen molar-refractivity contribution in [3.63, 3.8) is 0 Å². The van der Waals surface area contributed by atoms with Gasteiger partial charge in [-0.15, -0.1) is 0 Å². The van der Waals surface area contributed by atoms with Gasteiger partial charge in [0.15, 0.2) is 5.84 Å². The lowest BCUT2D eigenvalue weighted by Gasteiger charge is -2.22. The van der Waals surface area contributed by atoms with Crippen LogP contribution in [0, 0.1) is 0 Å². The summed E-state index contributed by atoms with van der Waals surface area (Å²) in [5.74, 6) is -0.407. The Hall–Kier alpha value is -2.03. The summed E-state index contributed by atoms with van der Waals surface area (Å²) in [5.41, 5.74) is 4.46. The molecule has 9 heteroatoms. The molecule has 0 saturated heterocycles. The lowest BCUT2D eigenvalue weighted by molar-refractivity contribution is -0.141. The lowest BCUT2D eigenvalue weighted by Crippen LogP contribution is -2.28. The third-order valence-corrected chi connectivity index (χ3v) is 2.79. The first-order chi connectivity index (χ1) is 9.66. The van der Waals surface area contributed by atoms with Crippen molar-refractivity contribution in [3.05, 3.63) is 23.4 Å². The zero-order valence-corrected chi connectivity index (χ0v) is 11.6. The molecule has 0 saturated carbocycles. The van der Waals surface area contributed by atoms with Gasteiger partial charge < -0.3 is 20.9 Å². The number of amidine groups is 1. The molecule has 4 N–H and O–H groups in total. The summed E-state index contributed by atoms with van der Waals surface area (Å²) < 4.78 is 38.2. The first-order valence-electron chi connectivity index (χ1n) is 6.12. The lowest BCUT2D eigenvalue weighted by atomic mass is 10.2. The molecular formula is C12H17F3N4O2. The number of rotatable bonds is 5. The van der Waals surface area contributed by atoms with Crippen LogP contribution in [-0.4, -0.2) is 40.8 Å². The highest BCUT2D eigenvalue weighted by Crippen LogP contribution is 2.30. The zero-order chi connectivity index (χ0) is 16.2.